The zero-order valence-electron chi connectivity index (χ0n) is 11.1. The fourth-order valence-corrected chi connectivity index (χ4v) is 2.31. The van der Waals surface area contributed by atoms with Crippen LogP contribution in [0.3, 0.4) is 0 Å². The summed E-state index contributed by atoms with van der Waals surface area (Å²) in [5, 5.41) is 10.4. The van der Waals surface area contributed by atoms with Crippen molar-refractivity contribution in [2.24, 2.45) is 0 Å². The molecule has 3 heterocycles. The number of carbonyl (C=O) groups excluding carboxylic acids is 1. The summed E-state index contributed by atoms with van der Waals surface area (Å²) < 4.78 is 1.80. The summed E-state index contributed by atoms with van der Waals surface area (Å²) in [5.74, 6) is 0.592. The van der Waals surface area contributed by atoms with Crippen molar-refractivity contribution < 1.29 is 4.79 Å². The van der Waals surface area contributed by atoms with Crippen LogP contribution >= 0.6 is 0 Å². The number of pyridine rings is 1. The van der Waals surface area contributed by atoms with Gasteiger partial charge in [-0.05, 0) is 37.1 Å². The Labute approximate surface area is 117 Å². The molecule has 1 saturated heterocycles. The fourth-order valence-electron chi connectivity index (χ4n) is 2.31. The molecular formula is C14H17N5O. The van der Waals surface area contributed by atoms with Gasteiger partial charge in [-0.2, -0.15) is 5.10 Å². The lowest BCUT2D eigenvalue weighted by molar-refractivity contribution is -0.117. The number of nitrogens with zero attached hydrogens (tertiary/aromatic N) is 3. The lowest BCUT2D eigenvalue weighted by Gasteiger charge is -2.08. The van der Waals surface area contributed by atoms with Crippen LogP contribution in [0.1, 0.15) is 18.4 Å². The van der Waals surface area contributed by atoms with Gasteiger partial charge in [-0.25, -0.2) is 0 Å². The van der Waals surface area contributed by atoms with E-state index in [0.717, 1.165) is 24.9 Å². The average molecular weight is 271 g/mol. The van der Waals surface area contributed by atoms with Gasteiger partial charge in [-0.3, -0.25) is 14.5 Å². The highest BCUT2D eigenvalue weighted by molar-refractivity contribution is 5.94. The van der Waals surface area contributed by atoms with Crippen molar-refractivity contribution in [1.29, 1.82) is 0 Å². The lowest BCUT2D eigenvalue weighted by atomic mass is 10.2. The molecule has 2 aromatic heterocycles. The second-order valence-corrected chi connectivity index (χ2v) is 4.89. The Morgan fingerprint density at radius 2 is 2.25 bits per heavy atom. The number of anilines is 1. The summed E-state index contributed by atoms with van der Waals surface area (Å²) in [6.45, 7) is 1.58. The maximum Gasteiger partial charge on any atom is 0.242 e. The molecule has 1 aliphatic rings. The average Bonchev–Trinajstić information content (AvgIpc) is 3.11. The highest BCUT2D eigenvalue weighted by Crippen LogP contribution is 2.10. The van der Waals surface area contributed by atoms with Crippen LogP contribution in [0.25, 0.3) is 0 Å². The minimum absolute atomic E-state index is 0.00309. The Kier molecular flexibility index (Phi) is 3.73. The SMILES string of the molecule is O=C(Nc1ccn(Cc2ccncc2)n1)[C@H]1CCCN1. The molecule has 1 atom stereocenters. The van der Waals surface area contributed by atoms with Gasteiger partial charge in [0.2, 0.25) is 5.91 Å². The Balaban J connectivity index is 1.60. The topological polar surface area (TPSA) is 71.8 Å². The molecule has 104 valence electrons. The zero-order valence-corrected chi connectivity index (χ0v) is 11.1. The van der Waals surface area contributed by atoms with E-state index in [1.54, 1.807) is 17.1 Å². The van der Waals surface area contributed by atoms with Crippen LogP contribution in [-0.4, -0.2) is 33.3 Å². The van der Waals surface area contributed by atoms with Gasteiger partial charge in [-0.1, -0.05) is 0 Å². The van der Waals surface area contributed by atoms with Crippen LogP contribution in [0, 0.1) is 0 Å². The van der Waals surface area contributed by atoms with E-state index in [1.165, 1.54) is 0 Å². The van der Waals surface area contributed by atoms with Crippen molar-refractivity contribution in [2.45, 2.75) is 25.4 Å². The van der Waals surface area contributed by atoms with Crippen LogP contribution < -0.4 is 10.6 Å². The molecule has 0 bridgehead atoms. The summed E-state index contributed by atoms with van der Waals surface area (Å²) in [5.41, 5.74) is 1.12. The molecule has 0 aromatic carbocycles. The molecule has 3 rings (SSSR count). The molecule has 0 radical (unpaired) electrons. The number of nitrogens with one attached hydrogen (secondary N) is 2. The van der Waals surface area contributed by atoms with E-state index in [2.05, 4.69) is 20.7 Å². The van der Waals surface area contributed by atoms with Crippen LogP contribution in [0.15, 0.2) is 36.8 Å². The standard InChI is InChI=1S/C14H17N5O/c20-14(12-2-1-6-16-12)17-13-5-9-19(18-13)10-11-3-7-15-8-4-11/h3-5,7-9,12,16H,1-2,6,10H2,(H,17,18,20)/t12-/m1/s1. The van der Waals surface area contributed by atoms with Crippen LogP contribution in [0.2, 0.25) is 0 Å². The van der Waals surface area contributed by atoms with E-state index in [1.807, 2.05) is 24.4 Å². The van der Waals surface area contributed by atoms with E-state index in [4.69, 9.17) is 0 Å². The molecule has 0 spiro atoms. The second-order valence-electron chi connectivity index (χ2n) is 4.89. The molecule has 2 N–H and O–H groups in total. The van der Waals surface area contributed by atoms with Crippen molar-refractivity contribution in [1.82, 2.24) is 20.1 Å². The molecule has 2 aromatic rings. The van der Waals surface area contributed by atoms with Crippen LogP contribution in [0.4, 0.5) is 5.82 Å². The van der Waals surface area contributed by atoms with Gasteiger partial charge in [0.1, 0.15) is 0 Å². The Bertz CT molecular complexity index is 574. The quantitative estimate of drug-likeness (QED) is 0.871. The predicted molar refractivity (Wildman–Crippen MR) is 75.2 cm³/mol. The number of hydrogen-bond donors (Lipinski definition) is 2. The molecule has 20 heavy (non-hydrogen) atoms. The molecule has 0 aliphatic carbocycles. The molecule has 6 heteroatoms. The highest BCUT2D eigenvalue weighted by Gasteiger charge is 2.22. The van der Waals surface area contributed by atoms with Crippen LogP contribution in [-0.2, 0) is 11.3 Å². The Morgan fingerprint density at radius 1 is 1.40 bits per heavy atom. The minimum Gasteiger partial charge on any atom is -0.308 e. The van der Waals surface area contributed by atoms with Crippen molar-refractivity contribution >= 4 is 11.7 Å². The van der Waals surface area contributed by atoms with Gasteiger partial charge in [-0.15, -0.1) is 0 Å². The first-order valence-electron chi connectivity index (χ1n) is 6.78. The van der Waals surface area contributed by atoms with E-state index in [9.17, 15) is 4.79 Å². The van der Waals surface area contributed by atoms with Crippen molar-refractivity contribution in [3.8, 4) is 0 Å². The third-order valence-corrected chi connectivity index (χ3v) is 3.36. The second kappa shape index (κ2) is 5.83. The molecule has 6 nitrogen and oxygen atoms in total. The van der Waals surface area contributed by atoms with E-state index in [0.29, 0.717) is 12.4 Å². The van der Waals surface area contributed by atoms with E-state index >= 15 is 0 Å². The molecule has 1 aliphatic heterocycles. The summed E-state index contributed by atoms with van der Waals surface area (Å²) in [6.07, 6.45) is 7.32. The zero-order chi connectivity index (χ0) is 13.8. The first-order valence-corrected chi connectivity index (χ1v) is 6.78. The highest BCUT2D eigenvalue weighted by atomic mass is 16.2. The maximum atomic E-state index is 12.0. The number of hydrogen-bond acceptors (Lipinski definition) is 4. The van der Waals surface area contributed by atoms with Gasteiger partial charge in [0.25, 0.3) is 0 Å². The monoisotopic (exact) mass is 271 g/mol. The van der Waals surface area contributed by atoms with Gasteiger partial charge >= 0.3 is 0 Å². The van der Waals surface area contributed by atoms with E-state index < -0.39 is 0 Å². The summed E-state index contributed by atoms with van der Waals surface area (Å²) >= 11 is 0. The number of amides is 1. The molecular weight excluding hydrogens is 254 g/mol. The maximum absolute atomic E-state index is 12.0. The van der Waals surface area contributed by atoms with Gasteiger partial charge in [0.05, 0.1) is 12.6 Å². The van der Waals surface area contributed by atoms with Crippen LogP contribution in [0.5, 0.6) is 0 Å². The molecule has 1 amide bonds. The van der Waals surface area contributed by atoms with Crippen molar-refractivity contribution in [3.05, 3.63) is 42.4 Å². The van der Waals surface area contributed by atoms with Gasteiger partial charge in [0.15, 0.2) is 5.82 Å². The fraction of sp³-hybridized carbons (Fsp3) is 0.357. The number of rotatable bonds is 4. The van der Waals surface area contributed by atoms with Gasteiger partial charge < -0.3 is 10.6 Å². The third kappa shape index (κ3) is 3.03. The van der Waals surface area contributed by atoms with Gasteiger partial charge in [0, 0.05) is 24.7 Å². The summed E-state index contributed by atoms with van der Waals surface area (Å²) in [4.78, 5) is 15.9. The predicted octanol–water partition coefficient (Wildman–Crippen LogP) is 1.02. The number of aromatic nitrogens is 3. The summed E-state index contributed by atoms with van der Waals surface area (Å²) in [7, 11) is 0. The summed E-state index contributed by atoms with van der Waals surface area (Å²) in [6, 6.07) is 5.62. The molecule has 0 unspecified atom stereocenters. The van der Waals surface area contributed by atoms with E-state index in [-0.39, 0.29) is 11.9 Å². The smallest absolute Gasteiger partial charge is 0.242 e. The molecule has 0 saturated carbocycles. The first kappa shape index (κ1) is 12.8. The van der Waals surface area contributed by atoms with Crippen molar-refractivity contribution in [3.63, 3.8) is 0 Å². The largest absolute Gasteiger partial charge is 0.308 e. The first-order chi connectivity index (χ1) is 9.81. The lowest BCUT2D eigenvalue weighted by Crippen LogP contribution is -2.35. The Morgan fingerprint density at radius 3 is 3.00 bits per heavy atom. The third-order valence-electron chi connectivity index (χ3n) is 3.36. The number of carbonyl (C=O) groups is 1. The molecule has 1 fully saturated rings. The Hall–Kier alpha value is -2.21. The minimum atomic E-state index is -0.0830. The normalized spacial score (nSPS) is 18.1. The van der Waals surface area contributed by atoms with Crippen molar-refractivity contribution in [2.75, 3.05) is 11.9 Å².